The van der Waals surface area contributed by atoms with Crippen LogP contribution in [0.2, 0.25) is 0 Å². The van der Waals surface area contributed by atoms with E-state index in [1.807, 2.05) is 11.3 Å². The minimum atomic E-state index is 0.770. The van der Waals surface area contributed by atoms with Gasteiger partial charge in [-0.1, -0.05) is 6.92 Å². The molecule has 0 radical (unpaired) electrons. The maximum absolute atomic E-state index is 3.53. The Morgan fingerprint density at radius 1 is 1.44 bits per heavy atom. The molecule has 1 fully saturated rings. The van der Waals surface area contributed by atoms with Gasteiger partial charge < -0.3 is 5.32 Å². The quantitative estimate of drug-likeness (QED) is 0.919. The fourth-order valence-corrected chi connectivity index (χ4v) is 3.82. The Balaban J connectivity index is 1.94. The summed E-state index contributed by atoms with van der Waals surface area (Å²) in [7, 11) is 0. The van der Waals surface area contributed by atoms with Crippen molar-refractivity contribution in [1.82, 2.24) is 10.2 Å². The van der Waals surface area contributed by atoms with Crippen LogP contribution < -0.4 is 5.32 Å². The first kappa shape index (κ1) is 12.6. The molecule has 0 amide bonds. The van der Waals surface area contributed by atoms with Crippen LogP contribution in [0.4, 0.5) is 0 Å². The zero-order chi connectivity index (χ0) is 11.4. The Kier molecular flexibility index (Phi) is 4.82. The van der Waals surface area contributed by atoms with E-state index in [0.717, 1.165) is 19.1 Å². The maximum Gasteiger partial charge on any atom is 0.0701 e. The molecule has 1 saturated heterocycles. The molecule has 2 rings (SSSR count). The van der Waals surface area contributed by atoms with Gasteiger partial charge >= 0.3 is 0 Å². The van der Waals surface area contributed by atoms with Crippen molar-refractivity contribution in [3.63, 3.8) is 0 Å². The van der Waals surface area contributed by atoms with Crippen molar-refractivity contribution in [2.75, 3.05) is 19.6 Å². The van der Waals surface area contributed by atoms with Gasteiger partial charge in [0, 0.05) is 17.5 Å². The van der Waals surface area contributed by atoms with Gasteiger partial charge in [0.05, 0.1) is 3.79 Å². The molecular formula is C12H19BrN2S. The zero-order valence-corrected chi connectivity index (χ0v) is 12.1. The molecule has 0 unspecified atom stereocenters. The van der Waals surface area contributed by atoms with Gasteiger partial charge in [-0.25, -0.2) is 0 Å². The number of halogens is 1. The minimum absolute atomic E-state index is 0.770. The summed E-state index contributed by atoms with van der Waals surface area (Å²) in [4.78, 5) is 4.08. The van der Waals surface area contributed by atoms with Gasteiger partial charge in [-0.2, -0.15) is 0 Å². The predicted octanol–water partition coefficient (Wildman–Crippen LogP) is 3.08. The summed E-state index contributed by atoms with van der Waals surface area (Å²) in [6.07, 6.45) is 2.58. The average Bonchev–Trinajstić information content (AvgIpc) is 2.73. The van der Waals surface area contributed by atoms with Crippen molar-refractivity contribution < 1.29 is 0 Å². The molecule has 2 nitrogen and oxygen atoms in total. The van der Waals surface area contributed by atoms with Gasteiger partial charge in [0.25, 0.3) is 0 Å². The molecule has 0 aromatic carbocycles. The lowest BCUT2D eigenvalue weighted by molar-refractivity contribution is 0.163. The number of piperidine rings is 1. The Morgan fingerprint density at radius 2 is 2.19 bits per heavy atom. The summed E-state index contributed by atoms with van der Waals surface area (Å²) in [5, 5.41) is 3.43. The second-order valence-corrected chi connectivity index (χ2v) is 6.80. The number of hydrogen-bond donors (Lipinski definition) is 1. The molecule has 1 aromatic heterocycles. The molecule has 0 spiro atoms. The molecule has 2 heterocycles. The van der Waals surface area contributed by atoms with E-state index in [-0.39, 0.29) is 0 Å². The highest BCUT2D eigenvalue weighted by Gasteiger charge is 2.19. The Hall–Kier alpha value is 0.1000. The summed E-state index contributed by atoms with van der Waals surface area (Å²) >= 11 is 5.38. The third kappa shape index (κ3) is 3.29. The monoisotopic (exact) mass is 302 g/mol. The number of nitrogens with one attached hydrogen (secondary N) is 1. The van der Waals surface area contributed by atoms with Crippen LogP contribution in [0.1, 0.15) is 24.6 Å². The highest BCUT2D eigenvalue weighted by molar-refractivity contribution is 9.11. The van der Waals surface area contributed by atoms with Crippen molar-refractivity contribution in [3.8, 4) is 0 Å². The molecule has 1 aliphatic heterocycles. The Morgan fingerprint density at radius 3 is 2.75 bits per heavy atom. The third-order valence-electron chi connectivity index (χ3n) is 3.22. The minimum Gasteiger partial charge on any atom is -0.317 e. The van der Waals surface area contributed by atoms with Gasteiger partial charge in [-0.15, -0.1) is 11.3 Å². The second-order valence-electron chi connectivity index (χ2n) is 4.25. The molecule has 0 aliphatic carbocycles. The Bertz CT molecular complexity index is 321. The number of hydrogen-bond acceptors (Lipinski definition) is 3. The van der Waals surface area contributed by atoms with Gasteiger partial charge in [-0.05, 0) is 60.5 Å². The largest absolute Gasteiger partial charge is 0.317 e. The highest BCUT2D eigenvalue weighted by Crippen LogP contribution is 2.24. The smallest absolute Gasteiger partial charge is 0.0701 e. The molecule has 16 heavy (non-hydrogen) atoms. The normalized spacial score (nSPS) is 18.2. The number of rotatable bonds is 4. The van der Waals surface area contributed by atoms with E-state index in [4.69, 9.17) is 0 Å². The van der Waals surface area contributed by atoms with Crippen molar-refractivity contribution >= 4 is 27.3 Å². The lowest BCUT2D eigenvalue weighted by Crippen LogP contribution is -2.42. The van der Waals surface area contributed by atoms with E-state index in [9.17, 15) is 0 Å². The molecule has 1 N–H and O–H groups in total. The summed E-state index contributed by atoms with van der Waals surface area (Å²) in [6, 6.07) is 5.15. The first-order chi connectivity index (χ1) is 7.79. The van der Waals surface area contributed by atoms with E-state index in [0.29, 0.717) is 0 Å². The van der Waals surface area contributed by atoms with Gasteiger partial charge in [0.2, 0.25) is 0 Å². The molecule has 0 saturated carbocycles. The fraction of sp³-hybridized carbons (Fsp3) is 0.667. The van der Waals surface area contributed by atoms with E-state index < -0.39 is 0 Å². The average molecular weight is 303 g/mol. The van der Waals surface area contributed by atoms with Gasteiger partial charge in [0.1, 0.15) is 0 Å². The number of thiophene rings is 1. The summed E-state index contributed by atoms with van der Waals surface area (Å²) in [5.74, 6) is 0. The maximum atomic E-state index is 3.53. The number of nitrogens with zero attached hydrogens (tertiary/aromatic N) is 1. The van der Waals surface area contributed by atoms with E-state index in [2.05, 4.69) is 45.2 Å². The third-order valence-corrected chi connectivity index (χ3v) is 4.83. The highest BCUT2D eigenvalue weighted by atomic mass is 79.9. The predicted molar refractivity (Wildman–Crippen MR) is 74.0 cm³/mol. The lowest BCUT2D eigenvalue weighted by Gasteiger charge is -2.33. The SMILES string of the molecule is CCN(Cc1ccc(Br)s1)C1CCNCC1. The van der Waals surface area contributed by atoms with Crippen LogP contribution in [0.25, 0.3) is 0 Å². The fourth-order valence-electron chi connectivity index (χ4n) is 2.31. The van der Waals surface area contributed by atoms with Crippen LogP contribution in [0.15, 0.2) is 15.9 Å². The van der Waals surface area contributed by atoms with E-state index in [1.165, 1.54) is 34.6 Å². The topological polar surface area (TPSA) is 15.3 Å². The van der Waals surface area contributed by atoms with Crippen molar-refractivity contribution in [1.29, 1.82) is 0 Å². The van der Waals surface area contributed by atoms with E-state index >= 15 is 0 Å². The van der Waals surface area contributed by atoms with Crippen molar-refractivity contribution in [2.24, 2.45) is 0 Å². The van der Waals surface area contributed by atoms with Crippen LogP contribution in [0.5, 0.6) is 0 Å². The first-order valence-electron chi connectivity index (χ1n) is 5.98. The molecule has 0 atom stereocenters. The molecule has 0 bridgehead atoms. The van der Waals surface area contributed by atoms with Crippen LogP contribution in [0.3, 0.4) is 0 Å². The molecular weight excluding hydrogens is 284 g/mol. The lowest BCUT2D eigenvalue weighted by atomic mass is 10.0. The first-order valence-corrected chi connectivity index (χ1v) is 7.59. The van der Waals surface area contributed by atoms with Crippen LogP contribution in [0, 0.1) is 0 Å². The Labute approximate surface area is 110 Å². The van der Waals surface area contributed by atoms with Crippen LogP contribution in [-0.2, 0) is 6.54 Å². The summed E-state index contributed by atoms with van der Waals surface area (Å²) in [6.45, 7) is 6.88. The second kappa shape index (κ2) is 6.15. The molecule has 4 heteroatoms. The summed E-state index contributed by atoms with van der Waals surface area (Å²) < 4.78 is 1.24. The molecule has 1 aliphatic rings. The zero-order valence-electron chi connectivity index (χ0n) is 9.71. The molecule has 1 aromatic rings. The van der Waals surface area contributed by atoms with Crippen LogP contribution >= 0.6 is 27.3 Å². The molecule has 90 valence electrons. The van der Waals surface area contributed by atoms with Gasteiger partial charge in [-0.3, -0.25) is 4.90 Å². The van der Waals surface area contributed by atoms with Crippen molar-refractivity contribution in [3.05, 3.63) is 20.8 Å². The summed E-state index contributed by atoms with van der Waals surface area (Å²) in [5.41, 5.74) is 0. The van der Waals surface area contributed by atoms with E-state index in [1.54, 1.807) is 0 Å². The van der Waals surface area contributed by atoms with Crippen LogP contribution in [-0.4, -0.2) is 30.6 Å². The van der Waals surface area contributed by atoms with Gasteiger partial charge in [0.15, 0.2) is 0 Å². The van der Waals surface area contributed by atoms with Crippen molar-refractivity contribution in [2.45, 2.75) is 32.4 Å². The standard InChI is InChI=1S/C12H19BrN2S/c1-2-15(10-5-7-14-8-6-10)9-11-3-4-12(13)16-11/h3-4,10,14H,2,5-9H2,1H3.